The van der Waals surface area contributed by atoms with Crippen molar-refractivity contribution in [1.29, 1.82) is 0 Å². The van der Waals surface area contributed by atoms with Gasteiger partial charge in [0.25, 0.3) is 0 Å². The smallest absolute Gasteiger partial charge is 0.305 e. The predicted molar refractivity (Wildman–Crippen MR) is 221 cm³/mol. The number of carbonyl (C=O) groups excluding carboxylic acids is 7. The van der Waals surface area contributed by atoms with Gasteiger partial charge in [0.05, 0.1) is 53.4 Å². The predicted octanol–water partition coefficient (Wildman–Crippen LogP) is -0.649. The van der Waals surface area contributed by atoms with Gasteiger partial charge >= 0.3 is 5.97 Å². The van der Waals surface area contributed by atoms with Crippen LogP contribution in [0.3, 0.4) is 0 Å². The number of aliphatic carboxylic acids is 1. The van der Waals surface area contributed by atoms with Gasteiger partial charge in [0.1, 0.15) is 30.2 Å². The van der Waals surface area contributed by atoms with Gasteiger partial charge < -0.3 is 56.5 Å². The number of nitrogens with one attached hydrogen (secondary N) is 6. The number of hydrogen-bond acceptors (Lipinski definition) is 11. The summed E-state index contributed by atoms with van der Waals surface area (Å²) < 4.78 is 6.90. The molecule has 2 fully saturated rings. The second-order valence-corrected chi connectivity index (χ2v) is 18.3. The molecule has 59 heavy (non-hydrogen) atoms. The van der Waals surface area contributed by atoms with Crippen LogP contribution in [-0.2, 0) is 49.7 Å². The van der Waals surface area contributed by atoms with Crippen LogP contribution < -0.4 is 32.3 Å². The standard InChI is InChI=1S/C38H55N9O10S2/c1-22-38(56)46-19-24(57-20-23-17-40-26-10-6-5-9-25(23)26)15-30(46)37(55)45-29(34(39)52)21-59-58-14-12-31(48)43-27(11-7-8-13-47(2,3)4)35(53)41-18-32(49)44-28(16-33(50)51)36(54)42-22/h5-6,9-10,17,22,24,27-30,40H,7-8,11-16,18-21H2,1-4H3,(H7-,39,41,42,43,44,45,48,49,50,51,52,53,54,55)/p+1/t22-,24?,27?,28-,29?,30-/m0/s1. The number of nitrogens with two attached hydrogens (primary N) is 1. The molecule has 0 aliphatic carbocycles. The van der Waals surface area contributed by atoms with E-state index in [0.29, 0.717) is 16.7 Å². The summed E-state index contributed by atoms with van der Waals surface area (Å²) >= 11 is 0. The number of unbranched alkanes of at least 4 members (excludes halogenated alkanes) is 1. The molecule has 1 aromatic carbocycles. The SMILES string of the molecule is C[C@@H]1NC(=O)[C@H](CC(=O)O)NC(=O)CNC(=O)C(CCCC[N+](C)(C)C)NC(=O)CCSSCC(C(N)=O)NC(=O)[C@@H]2CC(OCc3c[nH]c4ccccc34)CN2C1=O. The van der Waals surface area contributed by atoms with Gasteiger partial charge in [-0.2, -0.15) is 0 Å². The number of carboxylic acids is 1. The normalized spacial score (nSPS) is 25.0. The van der Waals surface area contributed by atoms with Crippen molar-refractivity contribution >= 4 is 79.8 Å². The minimum Gasteiger partial charge on any atom is -0.481 e. The van der Waals surface area contributed by atoms with E-state index in [2.05, 4.69) is 31.6 Å². The van der Waals surface area contributed by atoms with Crippen LogP contribution in [0.2, 0.25) is 0 Å². The number of rotatable bonds is 11. The van der Waals surface area contributed by atoms with E-state index < -0.39 is 96.6 Å². The largest absolute Gasteiger partial charge is 0.481 e. The van der Waals surface area contributed by atoms with Crippen LogP contribution in [0.25, 0.3) is 10.9 Å². The Morgan fingerprint density at radius 2 is 1.66 bits per heavy atom. The number of amides is 7. The van der Waals surface area contributed by atoms with Crippen LogP contribution in [0.4, 0.5) is 0 Å². The third-order valence-electron chi connectivity index (χ3n) is 9.79. The van der Waals surface area contributed by atoms with Crippen LogP contribution in [0.15, 0.2) is 30.5 Å². The molecule has 21 heteroatoms. The fourth-order valence-corrected chi connectivity index (χ4v) is 8.82. The number of H-pyrrole nitrogens is 1. The highest BCUT2D eigenvalue weighted by molar-refractivity contribution is 8.76. The first-order chi connectivity index (χ1) is 27.9. The minimum atomic E-state index is -1.64. The summed E-state index contributed by atoms with van der Waals surface area (Å²) in [6.07, 6.45) is 2.03. The van der Waals surface area contributed by atoms with Gasteiger partial charge in [-0.1, -0.05) is 39.8 Å². The molecule has 7 amide bonds. The van der Waals surface area contributed by atoms with Crippen molar-refractivity contribution in [3.05, 3.63) is 36.0 Å². The van der Waals surface area contributed by atoms with E-state index in [1.807, 2.05) is 51.6 Å². The van der Waals surface area contributed by atoms with E-state index in [4.69, 9.17) is 10.5 Å². The number of benzene rings is 1. The molecule has 0 saturated carbocycles. The molecule has 6 atom stereocenters. The number of fused-ring (bicyclic) bond motifs is 2. The van der Waals surface area contributed by atoms with Gasteiger partial charge in [-0.25, -0.2) is 0 Å². The Bertz CT molecular complexity index is 1850. The highest BCUT2D eigenvalue weighted by Gasteiger charge is 2.43. The van der Waals surface area contributed by atoms with Crippen LogP contribution in [0.1, 0.15) is 51.0 Å². The zero-order valence-electron chi connectivity index (χ0n) is 33.7. The third kappa shape index (κ3) is 14.7. The molecule has 3 unspecified atom stereocenters. The Morgan fingerprint density at radius 3 is 2.37 bits per heavy atom. The number of nitrogens with zero attached hydrogens (tertiary/aromatic N) is 2. The first kappa shape index (κ1) is 46.8. The molecule has 0 radical (unpaired) electrons. The van der Waals surface area contributed by atoms with Crippen LogP contribution in [0.5, 0.6) is 0 Å². The van der Waals surface area contributed by atoms with E-state index in [-0.39, 0.29) is 38.2 Å². The second kappa shape index (κ2) is 21.9. The van der Waals surface area contributed by atoms with Gasteiger partial charge in [0.15, 0.2) is 0 Å². The molecule has 2 saturated heterocycles. The van der Waals surface area contributed by atoms with Gasteiger partial charge in [0, 0.05) is 53.6 Å². The Hall–Kier alpha value is -4.86. The molecule has 4 rings (SSSR count). The Morgan fingerprint density at radius 1 is 0.932 bits per heavy atom. The van der Waals surface area contributed by atoms with Crippen LogP contribution in [-0.4, -0.2) is 155 Å². The lowest BCUT2D eigenvalue weighted by Gasteiger charge is -2.28. The monoisotopic (exact) mass is 862 g/mol. The second-order valence-electron chi connectivity index (χ2n) is 15.7. The Kier molecular flexibility index (Phi) is 17.4. The highest BCUT2D eigenvalue weighted by atomic mass is 33.1. The topological polar surface area (TPSA) is 271 Å². The maximum atomic E-state index is 14.0. The molecule has 2 aliphatic heterocycles. The quantitative estimate of drug-likeness (QED) is 0.0796. The fourth-order valence-electron chi connectivity index (χ4n) is 6.66. The van der Waals surface area contributed by atoms with E-state index >= 15 is 0 Å². The molecule has 9 N–H and O–H groups in total. The number of primary amides is 1. The maximum Gasteiger partial charge on any atom is 0.305 e. The summed E-state index contributed by atoms with van der Waals surface area (Å²) in [5.41, 5.74) is 7.44. The van der Waals surface area contributed by atoms with Gasteiger partial charge in [-0.05, 0) is 32.3 Å². The molecule has 1 aromatic heterocycles. The summed E-state index contributed by atoms with van der Waals surface area (Å²) in [5, 5.41) is 23.1. The van der Waals surface area contributed by atoms with Gasteiger partial charge in [0.2, 0.25) is 41.4 Å². The fraction of sp³-hybridized carbons (Fsp3) is 0.579. The average Bonchev–Trinajstić information content (AvgIpc) is 3.79. The van der Waals surface area contributed by atoms with Crippen molar-refractivity contribution in [3.8, 4) is 0 Å². The maximum absolute atomic E-state index is 14.0. The summed E-state index contributed by atoms with van der Waals surface area (Å²) in [7, 11) is 8.57. The lowest BCUT2D eigenvalue weighted by molar-refractivity contribution is -0.870. The van der Waals surface area contributed by atoms with Crippen molar-refractivity contribution in [1.82, 2.24) is 36.5 Å². The van der Waals surface area contributed by atoms with E-state index in [1.165, 1.54) is 33.4 Å². The number of carbonyl (C=O) groups is 8. The van der Waals surface area contributed by atoms with Gasteiger partial charge in [-0.3, -0.25) is 38.4 Å². The number of quaternary nitrogens is 1. The summed E-state index contributed by atoms with van der Waals surface area (Å²) in [4.78, 5) is 109. The molecule has 0 bridgehead atoms. The van der Waals surface area contributed by atoms with E-state index in [1.54, 1.807) is 0 Å². The number of aromatic amines is 1. The molecular formula is C38H56N9O10S2+. The van der Waals surface area contributed by atoms with Crippen molar-refractivity contribution in [2.24, 2.45) is 5.73 Å². The lowest BCUT2D eigenvalue weighted by atomic mass is 10.1. The average molecular weight is 863 g/mol. The number of ether oxygens (including phenoxy) is 1. The van der Waals surface area contributed by atoms with Crippen LogP contribution >= 0.6 is 21.6 Å². The number of aromatic nitrogens is 1. The van der Waals surface area contributed by atoms with Crippen molar-refractivity contribution in [2.45, 2.75) is 88.4 Å². The zero-order valence-corrected chi connectivity index (χ0v) is 35.4. The molecule has 2 aromatic rings. The molecule has 0 spiro atoms. The first-order valence-corrected chi connectivity index (χ1v) is 21.9. The third-order valence-corrected chi connectivity index (χ3v) is 12.2. The number of para-hydroxylation sites is 1. The minimum absolute atomic E-state index is 0.0116. The highest BCUT2D eigenvalue weighted by Crippen LogP contribution is 2.26. The molecular weight excluding hydrogens is 807 g/mol. The first-order valence-electron chi connectivity index (χ1n) is 19.4. The Labute approximate surface area is 350 Å². The number of hydrogen-bond donors (Lipinski definition) is 8. The molecule has 324 valence electrons. The van der Waals surface area contributed by atoms with Crippen molar-refractivity contribution in [2.75, 3.05) is 52.3 Å². The summed E-state index contributed by atoms with van der Waals surface area (Å²) in [6.45, 7) is 1.65. The molecule has 3 heterocycles. The zero-order chi connectivity index (χ0) is 43.3. The number of carboxylic acid groups (broad SMARTS) is 1. The molecule has 19 nitrogen and oxygen atoms in total. The molecule has 2 aliphatic rings. The van der Waals surface area contributed by atoms with Crippen molar-refractivity contribution < 1.29 is 52.7 Å². The lowest BCUT2D eigenvalue weighted by Crippen LogP contribution is -2.58. The van der Waals surface area contributed by atoms with Crippen molar-refractivity contribution in [3.63, 3.8) is 0 Å². The van der Waals surface area contributed by atoms with E-state index in [0.717, 1.165) is 29.4 Å². The summed E-state index contributed by atoms with van der Waals surface area (Å²) in [5.74, 6) is -6.22. The van der Waals surface area contributed by atoms with Crippen LogP contribution in [0, 0.1) is 0 Å². The van der Waals surface area contributed by atoms with E-state index in [9.17, 15) is 43.5 Å². The Balaban J connectivity index is 1.53. The van der Waals surface area contributed by atoms with Gasteiger partial charge in [-0.15, -0.1) is 0 Å². The summed E-state index contributed by atoms with van der Waals surface area (Å²) in [6, 6.07) is 1.42.